The van der Waals surface area contributed by atoms with Gasteiger partial charge in [-0.05, 0) is 36.7 Å². The first-order chi connectivity index (χ1) is 11.0. The van der Waals surface area contributed by atoms with E-state index in [1.165, 1.54) is 0 Å². The second-order valence-corrected chi connectivity index (χ2v) is 6.86. The zero-order valence-electron chi connectivity index (χ0n) is 13.7. The highest BCUT2D eigenvalue weighted by Crippen LogP contribution is 2.06. The van der Waals surface area contributed by atoms with Gasteiger partial charge < -0.3 is 15.2 Å². The van der Waals surface area contributed by atoms with Gasteiger partial charge >= 0.3 is 17.6 Å². The van der Waals surface area contributed by atoms with Crippen LogP contribution in [-0.4, -0.2) is 44.9 Å². The summed E-state index contributed by atoms with van der Waals surface area (Å²) < 4.78 is 7.01. The van der Waals surface area contributed by atoms with Gasteiger partial charge in [-0.1, -0.05) is 0 Å². The fourth-order valence-electron chi connectivity index (χ4n) is 1.83. The van der Waals surface area contributed by atoms with Gasteiger partial charge in [0.25, 0.3) is 5.56 Å². The maximum atomic E-state index is 12.1. The summed E-state index contributed by atoms with van der Waals surface area (Å²) in [6.45, 7) is 4.77. The third kappa shape index (κ3) is 6.28. The van der Waals surface area contributed by atoms with E-state index >= 15 is 0 Å². The second-order valence-electron chi connectivity index (χ2n) is 6.00. The molecular formula is C14H20BrN3O6. The van der Waals surface area contributed by atoms with E-state index in [4.69, 9.17) is 9.84 Å². The predicted octanol–water partition coefficient (Wildman–Crippen LogP) is -0.212. The molecule has 0 atom stereocenters. The molecule has 0 amide bonds. The molecule has 0 unspecified atom stereocenters. The summed E-state index contributed by atoms with van der Waals surface area (Å²) in [5.74, 6) is -1.65. The Kier molecular flexibility index (Phi) is 6.91. The summed E-state index contributed by atoms with van der Waals surface area (Å²) in [6.07, 6.45) is 1.14. The summed E-state index contributed by atoms with van der Waals surface area (Å²) in [5, 5.41) is 11.6. The molecule has 0 radical (unpaired) electrons. The number of halogens is 1. The van der Waals surface area contributed by atoms with Crippen LogP contribution in [0.15, 0.2) is 20.3 Å². The smallest absolute Gasteiger partial charge is 0.331 e. The summed E-state index contributed by atoms with van der Waals surface area (Å²) in [4.78, 5) is 46.4. The molecular weight excluding hydrogens is 386 g/mol. The monoisotopic (exact) mass is 405 g/mol. The molecule has 0 aliphatic rings. The van der Waals surface area contributed by atoms with Gasteiger partial charge in [0.05, 0.1) is 11.0 Å². The number of hydrogen-bond donors (Lipinski definition) is 2. The molecule has 134 valence electrons. The lowest BCUT2D eigenvalue weighted by atomic mass is 10.2. The van der Waals surface area contributed by atoms with E-state index in [9.17, 15) is 19.2 Å². The van der Waals surface area contributed by atoms with Gasteiger partial charge in [0.1, 0.15) is 12.1 Å². The van der Waals surface area contributed by atoms with Gasteiger partial charge in [-0.3, -0.25) is 23.5 Å². The minimum atomic E-state index is -1.20. The minimum absolute atomic E-state index is 0.0144. The van der Waals surface area contributed by atoms with Crippen LogP contribution in [0.1, 0.15) is 20.8 Å². The van der Waals surface area contributed by atoms with Gasteiger partial charge in [0, 0.05) is 19.3 Å². The lowest BCUT2D eigenvalue weighted by Gasteiger charge is -2.19. The molecule has 0 fully saturated rings. The van der Waals surface area contributed by atoms with Crippen molar-refractivity contribution in [2.75, 3.05) is 13.1 Å². The molecule has 0 spiro atoms. The molecule has 9 nitrogen and oxygen atoms in total. The van der Waals surface area contributed by atoms with Crippen molar-refractivity contribution < 1.29 is 19.4 Å². The van der Waals surface area contributed by atoms with Gasteiger partial charge in [-0.2, -0.15) is 0 Å². The van der Waals surface area contributed by atoms with Crippen molar-refractivity contribution in [1.82, 2.24) is 14.5 Å². The number of aliphatic carboxylic acids is 1. The molecule has 1 heterocycles. The van der Waals surface area contributed by atoms with E-state index in [-0.39, 0.29) is 24.1 Å². The topological polar surface area (TPSA) is 120 Å². The molecule has 1 aromatic rings. The number of hydrogen-bond acceptors (Lipinski definition) is 6. The highest BCUT2D eigenvalue weighted by Gasteiger charge is 2.16. The first kappa shape index (κ1) is 20.1. The molecule has 1 rings (SSSR count). The molecule has 0 saturated carbocycles. The van der Waals surface area contributed by atoms with Crippen molar-refractivity contribution in [1.29, 1.82) is 0 Å². The largest absolute Gasteiger partial charge is 0.480 e. The fraction of sp³-hybridized carbons (Fsp3) is 0.571. The van der Waals surface area contributed by atoms with Crippen LogP contribution in [0.5, 0.6) is 0 Å². The Bertz CT molecular complexity index is 731. The maximum Gasteiger partial charge on any atom is 0.331 e. The number of aromatic nitrogens is 2. The quantitative estimate of drug-likeness (QED) is 0.475. The van der Waals surface area contributed by atoms with E-state index in [2.05, 4.69) is 21.2 Å². The third-order valence-corrected chi connectivity index (χ3v) is 3.25. The van der Waals surface area contributed by atoms with Crippen LogP contribution in [-0.2, 0) is 27.4 Å². The standard InChI is InChI=1S/C14H20BrN3O6/c1-14(2,3)24-11(21)6-16-4-5-18-12(22)9(15)7-17(13(18)23)8-10(19)20/h7,16H,4-6,8H2,1-3H3,(H,19,20). The zero-order chi connectivity index (χ0) is 18.5. The van der Waals surface area contributed by atoms with Gasteiger partial charge in [0.2, 0.25) is 0 Å². The summed E-state index contributed by atoms with van der Waals surface area (Å²) >= 11 is 3.01. The summed E-state index contributed by atoms with van der Waals surface area (Å²) in [5.41, 5.74) is -1.89. The minimum Gasteiger partial charge on any atom is -0.480 e. The number of carbonyl (C=O) groups is 2. The van der Waals surface area contributed by atoms with Crippen LogP contribution in [0.3, 0.4) is 0 Å². The molecule has 0 aromatic carbocycles. The number of carboxylic acids is 1. The Morgan fingerprint density at radius 3 is 2.50 bits per heavy atom. The third-order valence-electron chi connectivity index (χ3n) is 2.70. The Balaban J connectivity index is 2.73. The highest BCUT2D eigenvalue weighted by molar-refractivity contribution is 9.10. The van der Waals surface area contributed by atoms with E-state index in [1.54, 1.807) is 20.8 Å². The van der Waals surface area contributed by atoms with Crippen LogP contribution in [0.25, 0.3) is 0 Å². The zero-order valence-corrected chi connectivity index (χ0v) is 15.3. The van der Waals surface area contributed by atoms with Crippen LogP contribution in [0, 0.1) is 0 Å². The van der Waals surface area contributed by atoms with Gasteiger partial charge in [-0.25, -0.2) is 4.79 Å². The van der Waals surface area contributed by atoms with Crippen LogP contribution < -0.4 is 16.6 Å². The molecule has 1 aromatic heterocycles. The normalized spacial score (nSPS) is 11.3. The Morgan fingerprint density at radius 2 is 1.96 bits per heavy atom. The number of rotatable bonds is 7. The number of nitrogens with zero attached hydrogens (tertiary/aromatic N) is 2. The number of carbonyl (C=O) groups excluding carboxylic acids is 1. The number of carboxylic acid groups (broad SMARTS) is 1. The second kappa shape index (κ2) is 8.25. The Morgan fingerprint density at radius 1 is 1.33 bits per heavy atom. The number of ether oxygens (including phenoxy) is 1. The van der Waals surface area contributed by atoms with Crippen LogP contribution >= 0.6 is 15.9 Å². The molecule has 10 heteroatoms. The summed E-state index contributed by atoms with van der Waals surface area (Å²) in [6, 6.07) is 0. The van der Waals surface area contributed by atoms with Crippen molar-refractivity contribution in [3.05, 3.63) is 31.5 Å². The van der Waals surface area contributed by atoms with Gasteiger partial charge in [-0.15, -0.1) is 0 Å². The lowest BCUT2D eigenvalue weighted by Crippen LogP contribution is -2.43. The highest BCUT2D eigenvalue weighted by atomic mass is 79.9. The van der Waals surface area contributed by atoms with E-state index < -0.39 is 35.3 Å². The average molecular weight is 406 g/mol. The molecule has 0 bridgehead atoms. The van der Waals surface area contributed by atoms with Crippen molar-refractivity contribution in [2.24, 2.45) is 0 Å². The maximum absolute atomic E-state index is 12.1. The van der Waals surface area contributed by atoms with Gasteiger partial charge in [0.15, 0.2) is 0 Å². The van der Waals surface area contributed by atoms with E-state index in [1.807, 2.05) is 0 Å². The van der Waals surface area contributed by atoms with E-state index in [0.29, 0.717) is 0 Å². The van der Waals surface area contributed by atoms with E-state index in [0.717, 1.165) is 15.3 Å². The van der Waals surface area contributed by atoms with Crippen LogP contribution in [0.4, 0.5) is 0 Å². The van der Waals surface area contributed by atoms with Crippen molar-refractivity contribution >= 4 is 27.9 Å². The number of nitrogens with one attached hydrogen (secondary N) is 1. The summed E-state index contributed by atoms with van der Waals surface area (Å²) in [7, 11) is 0. The van der Waals surface area contributed by atoms with Crippen molar-refractivity contribution in [3.8, 4) is 0 Å². The number of esters is 1. The molecule has 0 aliphatic carbocycles. The fourth-order valence-corrected chi connectivity index (χ4v) is 2.29. The first-order valence-corrected chi connectivity index (χ1v) is 7.94. The van der Waals surface area contributed by atoms with Crippen molar-refractivity contribution in [3.63, 3.8) is 0 Å². The Hall–Kier alpha value is -1.94. The molecule has 2 N–H and O–H groups in total. The lowest BCUT2D eigenvalue weighted by molar-refractivity contribution is -0.153. The SMILES string of the molecule is CC(C)(C)OC(=O)CNCCn1c(=O)c(Br)cn(CC(=O)O)c1=O. The van der Waals surface area contributed by atoms with Crippen molar-refractivity contribution in [2.45, 2.75) is 39.5 Å². The first-order valence-electron chi connectivity index (χ1n) is 7.15. The predicted molar refractivity (Wildman–Crippen MR) is 89.0 cm³/mol. The average Bonchev–Trinajstić information content (AvgIpc) is 2.41. The Labute approximate surface area is 146 Å². The molecule has 24 heavy (non-hydrogen) atoms. The molecule has 0 saturated heterocycles. The van der Waals surface area contributed by atoms with Crippen LogP contribution in [0.2, 0.25) is 0 Å². The molecule has 0 aliphatic heterocycles.